The molecule has 0 atom stereocenters. The number of amides is 1. The summed E-state index contributed by atoms with van der Waals surface area (Å²) < 4.78 is 17.7. The Labute approximate surface area is 192 Å². The third-order valence-corrected chi connectivity index (χ3v) is 5.26. The summed E-state index contributed by atoms with van der Waals surface area (Å²) in [5.41, 5.74) is 3.61. The first-order chi connectivity index (χ1) is 16.1. The predicted octanol–water partition coefficient (Wildman–Crippen LogP) is 4.50. The first-order valence-corrected chi connectivity index (χ1v) is 10.4. The molecule has 4 aromatic rings. The van der Waals surface area contributed by atoms with Gasteiger partial charge in [0.15, 0.2) is 17.2 Å². The standard InChI is InChI=1S/C26H25N3O4/c1-31-21-12-9-18(10-13-21)16-27-26(30)25-22(17-29(28-25)20-7-5-4-6-8-20)19-11-14-23(32-2)24(15-19)33-3/h4-15,17H,16H2,1-3H3,(H,27,30). The quantitative estimate of drug-likeness (QED) is 0.434. The second-order valence-electron chi connectivity index (χ2n) is 7.27. The molecule has 168 valence electrons. The molecule has 3 aromatic carbocycles. The molecule has 0 aliphatic carbocycles. The number of ether oxygens (including phenoxy) is 3. The summed E-state index contributed by atoms with van der Waals surface area (Å²) in [6.07, 6.45) is 1.85. The Morgan fingerprint density at radius 3 is 2.27 bits per heavy atom. The maximum Gasteiger partial charge on any atom is 0.272 e. The highest BCUT2D eigenvalue weighted by Crippen LogP contribution is 2.34. The van der Waals surface area contributed by atoms with Crippen LogP contribution in [0.3, 0.4) is 0 Å². The van der Waals surface area contributed by atoms with Crippen molar-refractivity contribution in [1.82, 2.24) is 15.1 Å². The van der Waals surface area contributed by atoms with E-state index in [1.165, 1.54) is 0 Å². The van der Waals surface area contributed by atoms with Crippen LogP contribution in [-0.4, -0.2) is 37.0 Å². The minimum absolute atomic E-state index is 0.273. The lowest BCUT2D eigenvalue weighted by atomic mass is 10.1. The lowest BCUT2D eigenvalue weighted by molar-refractivity contribution is 0.0946. The summed E-state index contributed by atoms with van der Waals surface area (Å²) in [6, 6.07) is 22.7. The molecule has 1 N–H and O–H groups in total. The number of para-hydroxylation sites is 1. The van der Waals surface area contributed by atoms with Crippen LogP contribution in [0.1, 0.15) is 16.1 Å². The van der Waals surface area contributed by atoms with Gasteiger partial charge in [0.2, 0.25) is 0 Å². The van der Waals surface area contributed by atoms with E-state index in [0.29, 0.717) is 29.3 Å². The van der Waals surface area contributed by atoms with Crippen molar-refractivity contribution in [2.75, 3.05) is 21.3 Å². The summed E-state index contributed by atoms with van der Waals surface area (Å²) in [7, 11) is 4.79. The van der Waals surface area contributed by atoms with Crippen LogP contribution in [0.15, 0.2) is 79.0 Å². The van der Waals surface area contributed by atoms with Gasteiger partial charge in [-0.25, -0.2) is 4.68 Å². The van der Waals surface area contributed by atoms with E-state index in [-0.39, 0.29) is 5.91 Å². The monoisotopic (exact) mass is 443 g/mol. The van der Waals surface area contributed by atoms with Crippen LogP contribution in [0.4, 0.5) is 0 Å². The SMILES string of the molecule is COc1ccc(CNC(=O)c2nn(-c3ccccc3)cc2-c2ccc(OC)c(OC)c2)cc1. The Hall–Kier alpha value is -4.26. The molecule has 0 radical (unpaired) electrons. The minimum atomic E-state index is -0.273. The molecule has 1 aromatic heterocycles. The summed E-state index contributed by atoms with van der Waals surface area (Å²) in [4.78, 5) is 13.2. The summed E-state index contributed by atoms with van der Waals surface area (Å²) in [5.74, 6) is 1.68. The fourth-order valence-corrected chi connectivity index (χ4v) is 3.48. The molecule has 7 nitrogen and oxygen atoms in total. The molecule has 0 unspecified atom stereocenters. The Balaban J connectivity index is 1.68. The van der Waals surface area contributed by atoms with Crippen molar-refractivity contribution in [3.63, 3.8) is 0 Å². The van der Waals surface area contributed by atoms with E-state index < -0.39 is 0 Å². The van der Waals surface area contributed by atoms with E-state index in [9.17, 15) is 4.79 Å². The fourth-order valence-electron chi connectivity index (χ4n) is 3.48. The Morgan fingerprint density at radius 1 is 0.879 bits per heavy atom. The van der Waals surface area contributed by atoms with Gasteiger partial charge in [-0.3, -0.25) is 4.79 Å². The van der Waals surface area contributed by atoms with Crippen molar-refractivity contribution in [3.05, 3.63) is 90.3 Å². The minimum Gasteiger partial charge on any atom is -0.497 e. The van der Waals surface area contributed by atoms with E-state index in [1.54, 1.807) is 26.0 Å². The van der Waals surface area contributed by atoms with Gasteiger partial charge in [0, 0.05) is 18.3 Å². The number of nitrogens with one attached hydrogen (secondary N) is 1. The van der Waals surface area contributed by atoms with Crippen molar-refractivity contribution < 1.29 is 19.0 Å². The summed E-state index contributed by atoms with van der Waals surface area (Å²) >= 11 is 0. The normalized spacial score (nSPS) is 10.5. The van der Waals surface area contributed by atoms with Gasteiger partial charge in [-0.15, -0.1) is 0 Å². The summed E-state index contributed by atoms with van der Waals surface area (Å²) in [6.45, 7) is 0.367. The molecule has 0 aliphatic rings. The third-order valence-electron chi connectivity index (χ3n) is 5.26. The van der Waals surface area contributed by atoms with E-state index in [4.69, 9.17) is 14.2 Å². The van der Waals surface area contributed by atoms with Gasteiger partial charge in [0.25, 0.3) is 5.91 Å². The van der Waals surface area contributed by atoms with E-state index in [2.05, 4.69) is 10.4 Å². The van der Waals surface area contributed by atoms with Crippen LogP contribution in [-0.2, 0) is 6.54 Å². The smallest absolute Gasteiger partial charge is 0.272 e. The number of benzene rings is 3. The molecule has 33 heavy (non-hydrogen) atoms. The van der Waals surface area contributed by atoms with Gasteiger partial charge < -0.3 is 19.5 Å². The van der Waals surface area contributed by atoms with E-state index in [1.807, 2.05) is 79.0 Å². The number of hydrogen-bond donors (Lipinski definition) is 1. The molecule has 1 amide bonds. The van der Waals surface area contributed by atoms with Gasteiger partial charge in [-0.05, 0) is 47.5 Å². The highest BCUT2D eigenvalue weighted by atomic mass is 16.5. The number of aromatic nitrogens is 2. The topological polar surface area (TPSA) is 74.6 Å². The van der Waals surface area contributed by atoms with Gasteiger partial charge in [0.1, 0.15) is 5.75 Å². The number of rotatable bonds is 8. The van der Waals surface area contributed by atoms with Crippen molar-refractivity contribution in [2.24, 2.45) is 0 Å². The molecule has 7 heteroatoms. The molecule has 0 saturated heterocycles. The van der Waals surface area contributed by atoms with Crippen molar-refractivity contribution in [2.45, 2.75) is 6.54 Å². The number of carbonyl (C=O) groups excluding carboxylic acids is 1. The number of carbonyl (C=O) groups is 1. The number of methoxy groups -OCH3 is 3. The highest BCUT2D eigenvalue weighted by molar-refractivity contribution is 5.99. The Bertz CT molecular complexity index is 1230. The van der Waals surface area contributed by atoms with E-state index >= 15 is 0 Å². The Kier molecular flexibility index (Phi) is 6.59. The van der Waals surface area contributed by atoms with Crippen molar-refractivity contribution >= 4 is 5.91 Å². The lowest BCUT2D eigenvalue weighted by Gasteiger charge is -2.10. The molecule has 0 saturated carbocycles. The molecule has 0 spiro atoms. The van der Waals surface area contributed by atoms with Gasteiger partial charge >= 0.3 is 0 Å². The highest BCUT2D eigenvalue weighted by Gasteiger charge is 2.20. The van der Waals surface area contributed by atoms with E-state index in [0.717, 1.165) is 22.6 Å². The van der Waals surface area contributed by atoms with Crippen molar-refractivity contribution in [3.8, 4) is 34.1 Å². The summed E-state index contributed by atoms with van der Waals surface area (Å²) in [5, 5.41) is 7.57. The number of hydrogen-bond acceptors (Lipinski definition) is 5. The zero-order chi connectivity index (χ0) is 23.2. The van der Waals surface area contributed by atoms with Crippen LogP contribution in [0, 0.1) is 0 Å². The maximum atomic E-state index is 13.2. The Morgan fingerprint density at radius 2 is 1.61 bits per heavy atom. The average Bonchev–Trinajstić information content (AvgIpc) is 3.33. The largest absolute Gasteiger partial charge is 0.497 e. The average molecular weight is 444 g/mol. The van der Waals surface area contributed by atoms with Gasteiger partial charge in [-0.2, -0.15) is 5.10 Å². The molecule has 0 fully saturated rings. The second-order valence-corrected chi connectivity index (χ2v) is 7.27. The van der Waals surface area contributed by atoms with Crippen molar-refractivity contribution in [1.29, 1.82) is 0 Å². The van der Waals surface area contributed by atoms with Gasteiger partial charge in [-0.1, -0.05) is 36.4 Å². The predicted molar refractivity (Wildman–Crippen MR) is 126 cm³/mol. The molecular weight excluding hydrogens is 418 g/mol. The van der Waals surface area contributed by atoms with Crippen LogP contribution in [0.5, 0.6) is 17.2 Å². The van der Waals surface area contributed by atoms with Gasteiger partial charge in [0.05, 0.1) is 27.0 Å². The molecule has 1 heterocycles. The number of nitrogens with zero attached hydrogens (tertiary/aromatic N) is 2. The zero-order valence-electron chi connectivity index (χ0n) is 18.7. The fraction of sp³-hybridized carbons (Fsp3) is 0.154. The first-order valence-electron chi connectivity index (χ1n) is 10.4. The third kappa shape index (κ3) is 4.82. The molecular formula is C26H25N3O4. The van der Waals surface area contributed by atoms with Crippen LogP contribution >= 0.6 is 0 Å². The zero-order valence-corrected chi connectivity index (χ0v) is 18.7. The van der Waals surface area contributed by atoms with Crippen LogP contribution in [0.2, 0.25) is 0 Å². The van der Waals surface area contributed by atoms with Crippen LogP contribution in [0.25, 0.3) is 16.8 Å². The van der Waals surface area contributed by atoms with Crippen LogP contribution < -0.4 is 19.5 Å². The maximum absolute atomic E-state index is 13.2. The molecule has 4 rings (SSSR count). The first kappa shape index (κ1) is 22.0. The molecule has 0 bridgehead atoms. The lowest BCUT2D eigenvalue weighted by Crippen LogP contribution is -2.24. The molecule has 0 aliphatic heterocycles. The second kappa shape index (κ2) is 9.91.